The molecule has 1 aromatic heterocycles. The molecule has 1 aliphatic rings. The molecule has 1 atom stereocenters. The van der Waals surface area contributed by atoms with Gasteiger partial charge in [0.15, 0.2) is 0 Å². The maximum atomic E-state index is 13.9. The minimum atomic E-state index is -0.336. The first-order chi connectivity index (χ1) is 20.9. The quantitative estimate of drug-likeness (QED) is 0.227. The lowest BCUT2D eigenvalue weighted by Crippen LogP contribution is -2.42. The van der Waals surface area contributed by atoms with Crippen LogP contribution in [0.4, 0.5) is 10.2 Å². The van der Waals surface area contributed by atoms with Crippen molar-refractivity contribution in [2.24, 2.45) is 0 Å². The summed E-state index contributed by atoms with van der Waals surface area (Å²) < 4.78 is 15.2. The lowest BCUT2D eigenvalue weighted by Gasteiger charge is -2.24. The van der Waals surface area contributed by atoms with Gasteiger partial charge in [0.05, 0.1) is 22.4 Å². The van der Waals surface area contributed by atoms with Crippen LogP contribution in [0.3, 0.4) is 0 Å². The Morgan fingerprint density at radius 2 is 1.70 bits per heavy atom. The topological polar surface area (TPSA) is 67.2 Å². The van der Waals surface area contributed by atoms with Gasteiger partial charge in [0.1, 0.15) is 18.2 Å². The van der Waals surface area contributed by atoms with Gasteiger partial charge in [-0.3, -0.25) is 14.5 Å². The number of hydrogen-bond acceptors (Lipinski definition) is 4. The van der Waals surface area contributed by atoms with E-state index in [-0.39, 0.29) is 41.7 Å². The maximum absolute atomic E-state index is 13.9. The van der Waals surface area contributed by atoms with Gasteiger partial charge < -0.3 is 5.32 Å². The van der Waals surface area contributed by atoms with Crippen LogP contribution in [0.5, 0.6) is 0 Å². The van der Waals surface area contributed by atoms with Crippen LogP contribution in [0.25, 0.3) is 16.9 Å². The molecule has 5 aromatic rings. The first-order valence-electron chi connectivity index (χ1n) is 14.1. The van der Waals surface area contributed by atoms with E-state index >= 15 is 0 Å². The van der Waals surface area contributed by atoms with E-state index < -0.39 is 0 Å². The number of para-hydroxylation sites is 1. The van der Waals surface area contributed by atoms with Crippen LogP contribution in [0.15, 0.2) is 103 Å². The monoisotopic (exact) mass is 590 g/mol. The number of carbonyl (C=O) groups is 2. The smallest absolute Gasteiger partial charge is 0.240 e. The number of thioether (sulfide) groups is 1. The van der Waals surface area contributed by atoms with Crippen LogP contribution in [0.1, 0.15) is 33.1 Å². The summed E-state index contributed by atoms with van der Waals surface area (Å²) in [5, 5.41) is 7.88. The molecule has 6 nitrogen and oxygen atoms in total. The summed E-state index contributed by atoms with van der Waals surface area (Å²) in [6.07, 6.45) is 0. The molecular formula is C35H31FN4O2S. The summed E-state index contributed by atoms with van der Waals surface area (Å²) >= 11 is 1.55. The summed E-state index contributed by atoms with van der Waals surface area (Å²) in [5.74, 6) is -0.0432. The molecule has 1 aliphatic heterocycles. The zero-order valence-electron chi connectivity index (χ0n) is 24.0. The molecule has 216 valence electrons. The average Bonchev–Trinajstić information content (AvgIpc) is 3.33. The molecule has 2 amide bonds. The van der Waals surface area contributed by atoms with E-state index in [2.05, 4.69) is 30.4 Å². The van der Waals surface area contributed by atoms with Crippen molar-refractivity contribution in [3.05, 3.63) is 137 Å². The van der Waals surface area contributed by atoms with E-state index in [1.807, 2.05) is 72.3 Å². The Balaban J connectivity index is 1.51. The summed E-state index contributed by atoms with van der Waals surface area (Å²) in [6, 6.07) is 32.2. The maximum Gasteiger partial charge on any atom is 0.240 e. The summed E-state index contributed by atoms with van der Waals surface area (Å²) in [4.78, 5) is 28.9. The van der Waals surface area contributed by atoms with Crippen molar-refractivity contribution >= 4 is 29.4 Å². The molecule has 0 aliphatic carbocycles. The summed E-state index contributed by atoms with van der Waals surface area (Å²) in [6.45, 7) is 4.11. The van der Waals surface area contributed by atoms with Crippen LogP contribution < -0.4 is 10.2 Å². The Morgan fingerprint density at radius 3 is 2.44 bits per heavy atom. The van der Waals surface area contributed by atoms with Gasteiger partial charge in [-0.05, 0) is 48.7 Å². The molecule has 2 heterocycles. The van der Waals surface area contributed by atoms with Crippen molar-refractivity contribution in [3.8, 4) is 16.9 Å². The number of anilines is 1. The van der Waals surface area contributed by atoms with E-state index in [0.717, 1.165) is 44.8 Å². The Labute approximate surface area is 254 Å². The minimum Gasteiger partial charge on any atom is -0.350 e. The molecule has 0 saturated carbocycles. The number of carbonyl (C=O) groups excluding carboxylic acids is 2. The molecular weight excluding hydrogens is 559 g/mol. The predicted molar refractivity (Wildman–Crippen MR) is 170 cm³/mol. The van der Waals surface area contributed by atoms with Crippen molar-refractivity contribution < 1.29 is 14.0 Å². The normalized spacial score (nSPS) is 14.7. The SMILES string of the molecule is Cc1cccc([C@@H]2SCC(=O)N(CC(=O)NCc3ccc(F)cc3)c3c2c(-c2ccccc2)nn3-c2ccccc2C)c1. The number of nitrogens with one attached hydrogen (secondary N) is 1. The zero-order chi connectivity index (χ0) is 29.9. The number of aromatic nitrogens is 2. The van der Waals surface area contributed by atoms with E-state index in [4.69, 9.17) is 5.10 Å². The van der Waals surface area contributed by atoms with Crippen molar-refractivity contribution in [2.45, 2.75) is 25.6 Å². The highest BCUT2D eigenvalue weighted by atomic mass is 32.2. The van der Waals surface area contributed by atoms with Gasteiger partial charge in [0.25, 0.3) is 0 Å². The third-order valence-corrected chi connectivity index (χ3v) is 8.78. The number of amides is 2. The second kappa shape index (κ2) is 12.3. The number of halogens is 1. The van der Waals surface area contributed by atoms with Crippen LogP contribution >= 0.6 is 11.8 Å². The van der Waals surface area contributed by atoms with Gasteiger partial charge in [-0.1, -0.05) is 90.5 Å². The van der Waals surface area contributed by atoms with Crippen LogP contribution in [0.2, 0.25) is 0 Å². The lowest BCUT2D eigenvalue weighted by atomic mass is 9.98. The molecule has 0 radical (unpaired) electrons. The van der Waals surface area contributed by atoms with E-state index in [9.17, 15) is 14.0 Å². The highest BCUT2D eigenvalue weighted by Crippen LogP contribution is 2.48. The highest BCUT2D eigenvalue weighted by Gasteiger charge is 2.37. The largest absolute Gasteiger partial charge is 0.350 e. The molecule has 6 rings (SSSR count). The van der Waals surface area contributed by atoms with Gasteiger partial charge in [-0.15, -0.1) is 11.8 Å². The molecule has 0 spiro atoms. The standard InChI is InChI=1S/C35H31FN4O2S/c1-23-9-8-13-27(19-23)34-32-33(26-11-4-3-5-12-26)38-40(29-14-7-6-10-24(29)2)35(32)39(31(42)22-43-34)21-30(41)37-20-25-15-17-28(36)18-16-25/h3-19,34H,20-22H2,1-2H3,(H,37,41)/t34-/m0/s1. The predicted octanol–water partition coefficient (Wildman–Crippen LogP) is 6.78. The van der Waals surface area contributed by atoms with Gasteiger partial charge >= 0.3 is 0 Å². The third-order valence-electron chi connectivity index (χ3n) is 7.53. The molecule has 4 aromatic carbocycles. The van der Waals surface area contributed by atoms with Crippen molar-refractivity contribution in [1.29, 1.82) is 0 Å². The van der Waals surface area contributed by atoms with Crippen molar-refractivity contribution in [1.82, 2.24) is 15.1 Å². The number of fused-ring (bicyclic) bond motifs is 1. The molecule has 8 heteroatoms. The van der Waals surface area contributed by atoms with Gasteiger partial charge in [-0.25, -0.2) is 9.07 Å². The molecule has 0 bridgehead atoms. The number of aryl methyl sites for hydroxylation is 2. The molecule has 1 N–H and O–H groups in total. The zero-order valence-corrected chi connectivity index (χ0v) is 24.8. The van der Waals surface area contributed by atoms with Gasteiger partial charge in [0, 0.05) is 17.7 Å². The van der Waals surface area contributed by atoms with Crippen molar-refractivity contribution in [3.63, 3.8) is 0 Å². The van der Waals surface area contributed by atoms with Gasteiger partial charge in [0.2, 0.25) is 11.8 Å². The lowest BCUT2D eigenvalue weighted by molar-refractivity contribution is -0.123. The Kier molecular flexibility index (Phi) is 8.11. The fourth-order valence-corrected chi connectivity index (χ4v) is 6.58. The molecule has 0 unspecified atom stereocenters. The number of nitrogens with zero attached hydrogens (tertiary/aromatic N) is 3. The average molecular weight is 591 g/mol. The Morgan fingerprint density at radius 1 is 0.953 bits per heavy atom. The first kappa shape index (κ1) is 28.4. The molecule has 0 saturated heterocycles. The highest BCUT2D eigenvalue weighted by molar-refractivity contribution is 8.00. The Bertz CT molecular complexity index is 1790. The molecule has 0 fully saturated rings. The Hall–Kier alpha value is -4.69. The number of rotatable bonds is 7. The second-order valence-corrected chi connectivity index (χ2v) is 11.7. The van der Waals surface area contributed by atoms with Crippen molar-refractivity contribution in [2.75, 3.05) is 17.2 Å². The first-order valence-corrected chi connectivity index (χ1v) is 15.2. The minimum absolute atomic E-state index is 0.173. The van der Waals surface area contributed by atoms with Gasteiger partial charge in [-0.2, -0.15) is 5.10 Å². The third kappa shape index (κ3) is 5.96. The van der Waals surface area contributed by atoms with Crippen LogP contribution in [-0.2, 0) is 16.1 Å². The summed E-state index contributed by atoms with van der Waals surface area (Å²) in [7, 11) is 0. The van der Waals surface area contributed by atoms with E-state index in [0.29, 0.717) is 5.82 Å². The van der Waals surface area contributed by atoms with Crippen LogP contribution in [-0.4, -0.2) is 33.9 Å². The second-order valence-electron chi connectivity index (χ2n) is 10.6. The number of benzene rings is 4. The fraction of sp³-hybridized carbons (Fsp3) is 0.171. The van der Waals surface area contributed by atoms with E-state index in [1.54, 1.807) is 28.8 Å². The summed E-state index contributed by atoms with van der Waals surface area (Å²) in [5.41, 5.74) is 7.38. The van der Waals surface area contributed by atoms with Crippen LogP contribution in [0, 0.1) is 19.7 Å². The fourth-order valence-electron chi connectivity index (χ4n) is 5.40. The molecule has 43 heavy (non-hydrogen) atoms. The van der Waals surface area contributed by atoms with E-state index in [1.165, 1.54) is 12.1 Å². The number of hydrogen-bond donors (Lipinski definition) is 1.